The number of hydrogen-bond acceptors (Lipinski definition) is 3. The fourth-order valence-corrected chi connectivity index (χ4v) is 2.84. The molecular formula is C18H19F2N5O. The summed E-state index contributed by atoms with van der Waals surface area (Å²) in [6, 6.07) is 9.80. The van der Waals surface area contributed by atoms with Crippen LogP contribution >= 0.6 is 0 Å². The van der Waals surface area contributed by atoms with E-state index < -0.39 is 6.55 Å². The molecule has 0 unspecified atom stereocenters. The molecule has 0 saturated carbocycles. The zero-order valence-corrected chi connectivity index (χ0v) is 14.5. The summed E-state index contributed by atoms with van der Waals surface area (Å²) in [6.45, 7) is 1.35. The predicted molar refractivity (Wildman–Crippen MR) is 91.9 cm³/mol. The van der Waals surface area contributed by atoms with E-state index in [9.17, 15) is 13.6 Å². The maximum atomic E-state index is 12.8. The van der Waals surface area contributed by atoms with Crippen LogP contribution < -0.4 is 5.32 Å². The average Bonchev–Trinajstić information content (AvgIpc) is 3.19. The van der Waals surface area contributed by atoms with Gasteiger partial charge in [-0.15, -0.1) is 0 Å². The third-order valence-electron chi connectivity index (χ3n) is 4.15. The summed E-state index contributed by atoms with van der Waals surface area (Å²) in [5.74, 6) is -0.261. The lowest BCUT2D eigenvalue weighted by atomic mass is 10.1. The number of hydrogen-bond donors (Lipinski definition) is 1. The van der Waals surface area contributed by atoms with Crippen molar-refractivity contribution in [1.82, 2.24) is 24.6 Å². The minimum atomic E-state index is -2.69. The van der Waals surface area contributed by atoms with Crippen LogP contribution in [-0.4, -0.2) is 25.2 Å². The molecular weight excluding hydrogens is 340 g/mol. The van der Waals surface area contributed by atoms with Crippen LogP contribution in [0.2, 0.25) is 0 Å². The van der Waals surface area contributed by atoms with Gasteiger partial charge in [0.05, 0.1) is 24.3 Å². The maximum Gasteiger partial charge on any atom is 0.319 e. The van der Waals surface area contributed by atoms with E-state index in [1.807, 2.05) is 37.3 Å². The Morgan fingerprint density at radius 2 is 1.96 bits per heavy atom. The van der Waals surface area contributed by atoms with Crippen molar-refractivity contribution in [1.29, 1.82) is 0 Å². The highest BCUT2D eigenvalue weighted by Gasteiger charge is 2.20. The van der Waals surface area contributed by atoms with Crippen molar-refractivity contribution in [3.05, 3.63) is 71.1 Å². The fourth-order valence-electron chi connectivity index (χ4n) is 2.84. The van der Waals surface area contributed by atoms with Crippen LogP contribution in [0.1, 0.15) is 39.7 Å². The van der Waals surface area contributed by atoms with E-state index in [4.69, 9.17) is 0 Å². The van der Waals surface area contributed by atoms with Crippen LogP contribution in [-0.2, 0) is 13.1 Å². The summed E-state index contributed by atoms with van der Waals surface area (Å²) in [7, 11) is 0. The summed E-state index contributed by atoms with van der Waals surface area (Å²) >= 11 is 0. The van der Waals surface area contributed by atoms with Crippen molar-refractivity contribution in [2.45, 2.75) is 33.5 Å². The number of amides is 1. The summed E-state index contributed by atoms with van der Waals surface area (Å²) in [5.41, 5.74) is 2.84. The molecule has 3 aromatic rings. The summed E-state index contributed by atoms with van der Waals surface area (Å²) in [6.07, 6.45) is 2.46. The molecule has 0 radical (unpaired) electrons. The molecule has 1 amide bonds. The Kier molecular flexibility index (Phi) is 5.11. The lowest BCUT2D eigenvalue weighted by molar-refractivity contribution is 0.0660. The summed E-state index contributed by atoms with van der Waals surface area (Å²) < 4.78 is 28.2. The highest BCUT2D eigenvalue weighted by atomic mass is 19.3. The Labute approximate surface area is 149 Å². The third kappa shape index (κ3) is 3.63. The molecule has 136 valence electrons. The normalized spacial score (nSPS) is 11.1. The molecule has 0 bridgehead atoms. The van der Waals surface area contributed by atoms with Crippen LogP contribution in [0.3, 0.4) is 0 Å². The van der Waals surface area contributed by atoms with E-state index in [-0.39, 0.29) is 18.3 Å². The second kappa shape index (κ2) is 7.47. The first-order valence-electron chi connectivity index (χ1n) is 8.13. The van der Waals surface area contributed by atoms with Crippen LogP contribution in [0.15, 0.2) is 42.7 Å². The zero-order valence-electron chi connectivity index (χ0n) is 14.5. The number of alkyl halides is 2. The lowest BCUT2D eigenvalue weighted by Crippen LogP contribution is -2.26. The molecule has 3 rings (SSSR count). The first-order chi connectivity index (χ1) is 12.5. The van der Waals surface area contributed by atoms with Gasteiger partial charge in [0.15, 0.2) is 0 Å². The van der Waals surface area contributed by atoms with E-state index in [1.165, 1.54) is 12.4 Å². The molecule has 2 heterocycles. The summed E-state index contributed by atoms with van der Waals surface area (Å²) in [5, 5.41) is 7.08. The van der Waals surface area contributed by atoms with Crippen molar-refractivity contribution in [3.8, 4) is 0 Å². The van der Waals surface area contributed by atoms with Gasteiger partial charge in [0.25, 0.3) is 5.91 Å². The minimum absolute atomic E-state index is 0.0844. The molecule has 8 heteroatoms. The zero-order chi connectivity index (χ0) is 18.7. The molecule has 0 aliphatic carbocycles. The van der Waals surface area contributed by atoms with Gasteiger partial charge < -0.3 is 5.32 Å². The Morgan fingerprint density at radius 3 is 2.65 bits per heavy atom. The minimum Gasteiger partial charge on any atom is -0.345 e. The van der Waals surface area contributed by atoms with Crippen LogP contribution in [0.25, 0.3) is 0 Å². The van der Waals surface area contributed by atoms with Gasteiger partial charge >= 0.3 is 6.55 Å². The molecule has 0 aliphatic heterocycles. The van der Waals surface area contributed by atoms with Crippen LogP contribution in [0.4, 0.5) is 8.78 Å². The first kappa shape index (κ1) is 17.8. The van der Waals surface area contributed by atoms with Gasteiger partial charge in [-0.3, -0.25) is 14.0 Å². The molecule has 0 atom stereocenters. The standard InChI is InChI=1S/C18H19F2N5O/c1-12-16(13(2)25(23-12)11-14-6-4-3-5-7-14)17(26)22-10-15-21-8-9-24(15)18(19)20/h3-9,18H,10-11H2,1-2H3,(H,22,26). The molecule has 26 heavy (non-hydrogen) atoms. The number of nitrogens with zero attached hydrogens (tertiary/aromatic N) is 4. The predicted octanol–water partition coefficient (Wildman–Crippen LogP) is 3.07. The molecule has 0 aliphatic rings. The lowest BCUT2D eigenvalue weighted by Gasteiger charge is -2.09. The summed E-state index contributed by atoms with van der Waals surface area (Å²) in [4.78, 5) is 16.4. The number of carbonyl (C=O) groups is 1. The number of rotatable bonds is 6. The van der Waals surface area contributed by atoms with Gasteiger partial charge in [0.2, 0.25) is 0 Å². The first-order valence-corrected chi connectivity index (χ1v) is 8.13. The number of halogens is 2. The molecule has 6 nitrogen and oxygen atoms in total. The second-order valence-corrected chi connectivity index (χ2v) is 5.90. The van der Waals surface area contributed by atoms with E-state index >= 15 is 0 Å². The quantitative estimate of drug-likeness (QED) is 0.736. The smallest absolute Gasteiger partial charge is 0.319 e. The number of aryl methyl sites for hydroxylation is 1. The molecule has 0 fully saturated rings. The largest absolute Gasteiger partial charge is 0.345 e. The Morgan fingerprint density at radius 1 is 1.23 bits per heavy atom. The molecule has 0 spiro atoms. The highest BCUT2D eigenvalue weighted by molar-refractivity contribution is 5.96. The van der Waals surface area contributed by atoms with Crippen molar-refractivity contribution in [2.24, 2.45) is 0 Å². The molecule has 2 aromatic heterocycles. The number of imidazole rings is 1. The van der Waals surface area contributed by atoms with Gasteiger partial charge in [-0.25, -0.2) is 4.98 Å². The monoisotopic (exact) mass is 359 g/mol. The molecule has 0 saturated heterocycles. The van der Waals surface area contributed by atoms with Gasteiger partial charge in [-0.05, 0) is 19.4 Å². The Hall–Kier alpha value is -3.03. The van der Waals surface area contributed by atoms with Gasteiger partial charge in [0, 0.05) is 18.1 Å². The van der Waals surface area contributed by atoms with Crippen LogP contribution in [0.5, 0.6) is 0 Å². The number of aromatic nitrogens is 4. The topological polar surface area (TPSA) is 64.7 Å². The molecule has 1 aromatic carbocycles. The number of carbonyl (C=O) groups excluding carboxylic acids is 1. The van der Waals surface area contributed by atoms with Crippen molar-refractivity contribution in [3.63, 3.8) is 0 Å². The van der Waals surface area contributed by atoms with E-state index in [2.05, 4.69) is 15.4 Å². The van der Waals surface area contributed by atoms with E-state index in [1.54, 1.807) is 11.6 Å². The van der Waals surface area contributed by atoms with Crippen molar-refractivity contribution >= 4 is 5.91 Å². The maximum absolute atomic E-state index is 12.8. The van der Waals surface area contributed by atoms with Crippen LogP contribution in [0, 0.1) is 13.8 Å². The molecule has 1 N–H and O–H groups in total. The second-order valence-electron chi connectivity index (χ2n) is 5.90. The van der Waals surface area contributed by atoms with E-state index in [0.717, 1.165) is 15.8 Å². The van der Waals surface area contributed by atoms with Crippen molar-refractivity contribution in [2.75, 3.05) is 0 Å². The SMILES string of the molecule is Cc1nn(Cc2ccccc2)c(C)c1C(=O)NCc1nccn1C(F)F. The highest BCUT2D eigenvalue weighted by Crippen LogP contribution is 2.16. The number of benzene rings is 1. The third-order valence-corrected chi connectivity index (χ3v) is 4.15. The van der Waals surface area contributed by atoms with Crippen molar-refractivity contribution < 1.29 is 13.6 Å². The fraction of sp³-hybridized carbons (Fsp3) is 0.278. The Balaban J connectivity index is 1.74. The number of nitrogens with one attached hydrogen (secondary N) is 1. The Bertz CT molecular complexity index is 902. The average molecular weight is 359 g/mol. The van der Waals surface area contributed by atoms with Gasteiger partial charge in [-0.1, -0.05) is 30.3 Å². The van der Waals surface area contributed by atoms with Gasteiger partial charge in [0.1, 0.15) is 5.82 Å². The van der Waals surface area contributed by atoms with Gasteiger partial charge in [-0.2, -0.15) is 13.9 Å². The van der Waals surface area contributed by atoms with E-state index in [0.29, 0.717) is 17.8 Å².